The van der Waals surface area contributed by atoms with Gasteiger partial charge < -0.3 is 9.88 Å². The number of imidazole rings is 1. The zero-order valence-electron chi connectivity index (χ0n) is 11.7. The molecule has 0 aliphatic carbocycles. The summed E-state index contributed by atoms with van der Waals surface area (Å²) in [6.45, 7) is 7.20. The maximum atomic E-state index is 5.87. The van der Waals surface area contributed by atoms with Crippen molar-refractivity contribution in [3.8, 4) is 0 Å². The van der Waals surface area contributed by atoms with Crippen molar-refractivity contribution in [1.29, 1.82) is 0 Å². The fourth-order valence-electron chi connectivity index (χ4n) is 2.01. The summed E-state index contributed by atoms with van der Waals surface area (Å²) in [5.74, 6) is 0.946. The van der Waals surface area contributed by atoms with Crippen molar-refractivity contribution in [2.24, 2.45) is 0 Å². The Hall–Kier alpha value is -1.48. The first-order valence-electron chi connectivity index (χ1n) is 6.60. The van der Waals surface area contributed by atoms with Crippen LogP contribution in [-0.2, 0) is 6.42 Å². The molecule has 0 fully saturated rings. The molecule has 0 bridgehead atoms. The van der Waals surface area contributed by atoms with E-state index in [4.69, 9.17) is 11.6 Å². The zero-order chi connectivity index (χ0) is 13.8. The average Bonchev–Trinajstić information content (AvgIpc) is 2.73. The van der Waals surface area contributed by atoms with Gasteiger partial charge in [0.25, 0.3) is 0 Å². The number of benzene rings is 1. The number of hydrogen-bond acceptors (Lipinski definition) is 2. The van der Waals surface area contributed by atoms with E-state index in [1.807, 2.05) is 19.1 Å². The molecule has 102 valence electrons. The lowest BCUT2D eigenvalue weighted by atomic mass is 10.1. The van der Waals surface area contributed by atoms with Crippen LogP contribution >= 0.6 is 11.6 Å². The van der Waals surface area contributed by atoms with E-state index in [0.29, 0.717) is 6.04 Å². The van der Waals surface area contributed by atoms with Gasteiger partial charge in [0.1, 0.15) is 0 Å². The van der Waals surface area contributed by atoms with Gasteiger partial charge in [0, 0.05) is 23.8 Å². The van der Waals surface area contributed by atoms with E-state index in [1.54, 1.807) is 0 Å². The second kappa shape index (κ2) is 6.11. The molecule has 2 aromatic rings. The van der Waals surface area contributed by atoms with E-state index >= 15 is 0 Å². The normalized spacial score (nSPS) is 11.0. The van der Waals surface area contributed by atoms with Crippen molar-refractivity contribution in [3.05, 3.63) is 46.7 Å². The Morgan fingerprint density at radius 2 is 1.95 bits per heavy atom. The number of nitrogens with zero attached hydrogens (tertiary/aromatic N) is 2. The monoisotopic (exact) mass is 277 g/mol. The van der Waals surface area contributed by atoms with Crippen LogP contribution < -0.4 is 5.32 Å². The summed E-state index contributed by atoms with van der Waals surface area (Å²) in [4.78, 5) is 4.51. The highest BCUT2D eigenvalue weighted by Crippen LogP contribution is 2.15. The van der Waals surface area contributed by atoms with Crippen LogP contribution in [0.4, 0.5) is 5.95 Å². The fourth-order valence-corrected chi connectivity index (χ4v) is 2.14. The summed E-state index contributed by atoms with van der Waals surface area (Å²) in [5, 5.41) is 4.18. The number of rotatable bonds is 5. The first-order valence-corrected chi connectivity index (χ1v) is 6.98. The molecule has 2 rings (SSSR count). The molecule has 0 radical (unpaired) electrons. The van der Waals surface area contributed by atoms with E-state index in [-0.39, 0.29) is 0 Å². The Morgan fingerprint density at radius 3 is 2.58 bits per heavy atom. The number of aryl methyl sites for hydroxylation is 1. The number of hydrogen-bond donors (Lipinski definition) is 1. The minimum atomic E-state index is 0.416. The number of anilines is 1. The van der Waals surface area contributed by atoms with E-state index in [1.165, 1.54) is 5.56 Å². The van der Waals surface area contributed by atoms with Crippen molar-refractivity contribution in [2.45, 2.75) is 33.2 Å². The van der Waals surface area contributed by atoms with E-state index in [2.05, 4.69) is 47.0 Å². The maximum absolute atomic E-state index is 5.87. The Morgan fingerprint density at radius 1 is 1.26 bits per heavy atom. The largest absolute Gasteiger partial charge is 0.355 e. The number of nitrogens with one attached hydrogen (secondary N) is 1. The molecule has 0 saturated carbocycles. The third kappa shape index (κ3) is 3.74. The van der Waals surface area contributed by atoms with Gasteiger partial charge in [0.15, 0.2) is 0 Å². The molecule has 0 aliphatic rings. The summed E-state index contributed by atoms with van der Waals surface area (Å²) in [7, 11) is 0. The van der Waals surface area contributed by atoms with Crippen LogP contribution in [0.1, 0.15) is 31.1 Å². The topological polar surface area (TPSA) is 29.9 Å². The van der Waals surface area contributed by atoms with E-state index in [9.17, 15) is 0 Å². The Balaban J connectivity index is 1.94. The minimum absolute atomic E-state index is 0.416. The first kappa shape index (κ1) is 13.9. The van der Waals surface area contributed by atoms with Gasteiger partial charge in [0.05, 0.1) is 5.69 Å². The van der Waals surface area contributed by atoms with Crippen LogP contribution in [-0.4, -0.2) is 16.1 Å². The predicted octanol–water partition coefficient (Wildman–Crippen LogP) is 4.08. The van der Waals surface area contributed by atoms with Gasteiger partial charge in [-0.1, -0.05) is 23.7 Å². The molecular weight excluding hydrogens is 258 g/mol. The summed E-state index contributed by atoms with van der Waals surface area (Å²) in [6, 6.07) is 8.39. The van der Waals surface area contributed by atoms with Crippen molar-refractivity contribution < 1.29 is 0 Å². The highest BCUT2D eigenvalue weighted by molar-refractivity contribution is 6.30. The maximum Gasteiger partial charge on any atom is 0.203 e. The van der Waals surface area contributed by atoms with Gasteiger partial charge in [-0.2, -0.15) is 0 Å². The lowest BCUT2D eigenvalue weighted by Gasteiger charge is -2.12. The molecule has 1 heterocycles. The van der Waals surface area contributed by atoms with Crippen LogP contribution in [0.25, 0.3) is 0 Å². The molecule has 0 amide bonds. The summed E-state index contributed by atoms with van der Waals surface area (Å²) >= 11 is 5.87. The molecule has 1 N–H and O–H groups in total. The Bertz CT molecular complexity index is 529. The lowest BCUT2D eigenvalue weighted by Crippen LogP contribution is -2.11. The van der Waals surface area contributed by atoms with Gasteiger partial charge in [-0.3, -0.25) is 0 Å². The molecular formula is C15H20ClN3. The molecule has 4 heteroatoms. The lowest BCUT2D eigenvalue weighted by molar-refractivity contribution is 0.604. The highest BCUT2D eigenvalue weighted by Gasteiger charge is 2.07. The van der Waals surface area contributed by atoms with Crippen LogP contribution in [0.2, 0.25) is 5.02 Å². The number of halogens is 1. The number of aromatic nitrogens is 2. The predicted molar refractivity (Wildman–Crippen MR) is 81.0 cm³/mol. The molecule has 0 unspecified atom stereocenters. The summed E-state index contributed by atoms with van der Waals surface area (Å²) in [5.41, 5.74) is 2.32. The molecule has 0 atom stereocenters. The standard InChI is InChI=1S/C15H20ClN3/c1-11(2)19-10-12(3)18-15(19)17-9-8-13-4-6-14(16)7-5-13/h4-7,10-11H,8-9H2,1-3H3,(H,17,18). The van der Waals surface area contributed by atoms with Gasteiger partial charge in [0.2, 0.25) is 5.95 Å². The van der Waals surface area contributed by atoms with Crippen molar-refractivity contribution in [1.82, 2.24) is 9.55 Å². The van der Waals surface area contributed by atoms with Crippen LogP contribution in [0.15, 0.2) is 30.5 Å². The molecule has 0 spiro atoms. The Kier molecular flexibility index (Phi) is 4.48. The quantitative estimate of drug-likeness (QED) is 0.892. The van der Waals surface area contributed by atoms with Crippen molar-refractivity contribution in [2.75, 3.05) is 11.9 Å². The summed E-state index contributed by atoms with van der Waals surface area (Å²) < 4.78 is 2.16. The molecule has 0 aliphatic heterocycles. The SMILES string of the molecule is Cc1cn(C(C)C)c(NCCc2ccc(Cl)cc2)n1. The van der Waals surface area contributed by atoms with Crippen LogP contribution in [0.5, 0.6) is 0 Å². The van der Waals surface area contributed by atoms with E-state index < -0.39 is 0 Å². The van der Waals surface area contributed by atoms with Crippen LogP contribution in [0, 0.1) is 6.92 Å². The van der Waals surface area contributed by atoms with Gasteiger partial charge in [-0.15, -0.1) is 0 Å². The van der Waals surface area contributed by atoms with Crippen LogP contribution in [0.3, 0.4) is 0 Å². The minimum Gasteiger partial charge on any atom is -0.355 e. The van der Waals surface area contributed by atoms with Crippen molar-refractivity contribution >= 4 is 17.5 Å². The second-order valence-electron chi connectivity index (χ2n) is 5.01. The Labute approximate surface area is 119 Å². The van der Waals surface area contributed by atoms with E-state index in [0.717, 1.165) is 29.6 Å². The molecule has 19 heavy (non-hydrogen) atoms. The third-order valence-corrected chi connectivity index (χ3v) is 3.27. The smallest absolute Gasteiger partial charge is 0.203 e. The second-order valence-corrected chi connectivity index (χ2v) is 5.45. The average molecular weight is 278 g/mol. The van der Waals surface area contributed by atoms with Gasteiger partial charge in [-0.25, -0.2) is 4.98 Å². The molecule has 1 aromatic heterocycles. The highest BCUT2D eigenvalue weighted by atomic mass is 35.5. The first-order chi connectivity index (χ1) is 9.06. The summed E-state index contributed by atoms with van der Waals surface area (Å²) in [6.07, 6.45) is 3.04. The molecule has 0 saturated heterocycles. The third-order valence-electron chi connectivity index (χ3n) is 3.02. The molecule has 1 aromatic carbocycles. The van der Waals surface area contributed by atoms with Gasteiger partial charge >= 0.3 is 0 Å². The zero-order valence-corrected chi connectivity index (χ0v) is 12.4. The molecule has 3 nitrogen and oxygen atoms in total. The fraction of sp³-hybridized carbons (Fsp3) is 0.400. The van der Waals surface area contributed by atoms with Crippen molar-refractivity contribution in [3.63, 3.8) is 0 Å². The van der Waals surface area contributed by atoms with Gasteiger partial charge in [-0.05, 0) is 44.9 Å².